The van der Waals surface area contributed by atoms with Crippen molar-refractivity contribution >= 4 is 35.0 Å². The third-order valence-corrected chi connectivity index (χ3v) is 3.96. The maximum atomic E-state index is 12.2. The van der Waals surface area contributed by atoms with Crippen LogP contribution >= 0.6 is 23.4 Å². The van der Waals surface area contributed by atoms with Crippen LogP contribution in [0.3, 0.4) is 0 Å². The van der Waals surface area contributed by atoms with Gasteiger partial charge in [0.1, 0.15) is 0 Å². The molecular formula is C11H11ClN2O3S. The predicted molar refractivity (Wildman–Crippen MR) is 71.3 cm³/mol. The van der Waals surface area contributed by atoms with Gasteiger partial charge in [-0.15, -0.1) is 0 Å². The summed E-state index contributed by atoms with van der Waals surface area (Å²) < 4.78 is 0. The number of benzene rings is 1. The second kappa shape index (κ2) is 5.58. The molecule has 0 aromatic heterocycles. The van der Waals surface area contributed by atoms with Crippen LogP contribution in [0.5, 0.6) is 0 Å². The van der Waals surface area contributed by atoms with E-state index in [4.69, 9.17) is 11.6 Å². The van der Waals surface area contributed by atoms with Gasteiger partial charge in [-0.2, -0.15) is 11.8 Å². The predicted octanol–water partition coefficient (Wildman–Crippen LogP) is 2.44. The summed E-state index contributed by atoms with van der Waals surface area (Å²) >= 11 is 7.73. The number of thioether (sulfide) groups is 1. The van der Waals surface area contributed by atoms with Crippen LogP contribution in [-0.4, -0.2) is 40.3 Å². The van der Waals surface area contributed by atoms with Gasteiger partial charge in [0, 0.05) is 36.7 Å². The Kier molecular flexibility index (Phi) is 4.08. The molecule has 1 aromatic rings. The van der Waals surface area contributed by atoms with E-state index in [9.17, 15) is 14.9 Å². The van der Waals surface area contributed by atoms with Crippen LogP contribution < -0.4 is 0 Å². The van der Waals surface area contributed by atoms with Crippen LogP contribution in [0.25, 0.3) is 0 Å². The van der Waals surface area contributed by atoms with Crippen molar-refractivity contribution in [3.05, 3.63) is 38.9 Å². The zero-order valence-electron chi connectivity index (χ0n) is 9.47. The number of carbonyl (C=O) groups excluding carboxylic acids is 1. The van der Waals surface area contributed by atoms with Crippen LogP contribution in [0.2, 0.25) is 5.02 Å². The molecule has 0 N–H and O–H groups in total. The van der Waals surface area contributed by atoms with E-state index < -0.39 is 4.92 Å². The van der Waals surface area contributed by atoms with E-state index in [2.05, 4.69) is 0 Å². The normalized spacial score (nSPS) is 15.5. The molecule has 5 nitrogen and oxygen atoms in total. The van der Waals surface area contributed by atoms with E-state index in [1.807, 2.05) is 0 Å². The maximum Gasteiger partial charge on any atom is 0.270 e. The van der Waals surface area contributed by atoms with Crippen LogP contribution in [0, 0.1) is 10.1 Å². The van der Waals surface area contributed by atoms with Gasteiger partial charge in [-0.1, -0.05) is 11.6 Å². The number of nitro groups is 1. The van der Waals surface area contributed by atoms with Crippen molar-refractivity contribution in [1.82, 2.24) is 4.90 Å². The highest BCUT2D eigenvalue weighted by Gasteiger charge is 2.22. The van der Waals surface area contributed by atoms with Gasteiger partial charge in [0.05, 0.1) is 15.5 Å². The van der Waals surface area contributed by atoms with Crippen molar-refractivity contribution in [3.8, 4) is 0 Å². The second-order valence-electron chi connectivity index (χ2n) is 3.83. The fourth-order valence-corrected chi connectivity index (χ4v) is 2.83. The van der Waals surface area contributed by atoms with Crippen molar-refractivity contribution in [2.75, 3.05) is 24.6 Å². The molecule has 0 spiro atoms. The first-order valence-corrected chi connectivity index (χ1v) is 6.94. The molecule has 0 atom stereocenters. The Hall–Kier alpha value is -1.27. The Morgan fingerprint density at radius 3 is 2.67 bits per heavy atom. The molecule has 1 aliphatic rings. The third kappa shape index (κ3) is 2.76. The number of hydrogen-bond donors (Lipinski definition) is 0. The number of halogens is 1. The number of nitro benzene ring substituents is 1. The summed E-state index contributed by atoms with van der Waals surface area (Å²) in [5.41, 5.74) is 0.0897. The molecular weight excluding hydrogens is 276 g/mol. The molecule has 0 unspecified atom stereocenters. The Labute approximate surface area is 113 Å². The molecule has 7 heteroatoms. The number of nitrogens with zero attached hydrogens (tertiary/aromatic N) is 2. The monoisotopic (exact) mass is 286 g/mol. The highest BCUT2D eigenvalue weighted by atomic mass is 35.5. The minimum absolute atomic E-state index is 0.117. The largest absolute Gasteiger partial charge is 0.337 e. The molecule has 18 heavy (non-hydrogen) atoms. The molecule has 0 bridgehead atoms. The molecule has 96 valence electrons. The zero-order chi connectivity index (χ0) is 13.1. The maximum absolute atomic E-state index is 12.2. The van der Waals surface area contributed by atoms with E-state index >= 15 is 0 Å². The van der Waals surface area contributed by atoms with Crippen LogP contribution in [0.4, 0.5) is 5.69 Å². The lowest BCUT2D eigenvalue weighted by molar-refractivity contribution is -0.384. The van der Waals surface area contributed by atoms with Crippen molar-refractivity contribution in [3.63, 3.8) is 0 Å². The first-order chi connectivity index (χ1) is 8.59. The van der Waals surface area contributed by atoms with E-state index in [0.717, 1.165) is 11.5 Å². The minimum atomic E-state index is -0.529. The van der Waals surface area contributed by atoms with E-state index in [-0.39, 0.29) is 22.2 Å². The van der Waals surface area contributed by atoms with Gasteiger partial charge in [0.25, 0.3) is 11.6 Å². The second-order valence-corrected chi connectivity index (χ2v) is 5.46. The van der Waals surface area contributed by atoms with Gasteiger partial charge in [0.2, 0.25) is 0 Å². The fraction of sp³-hybridized carbons (Fsp3) is 0.364. The third-order valence-electron chi connectivity index (χ3n) is 2.69. The number of carbonyl (C=O) groups is 1. The van der Waals surface area contributed by atoms with Crippen molar-refractivity contribution in [2.24, 2.45) is 0 Å². The molecule has 1 aromatic carbocycles. The van der Waals surface area contributed by atoms with Crippen LogP contribution in [0.15, 0.2) is 18.2 Å². The van der Waals surface area contributed by atoms with Crippen LogP contribution in [-0.2, 0) is 0 Å². The summed E-state index contributed by atoms with van der Waals surface area (Å²) in [4.78, 5) is 24.1. The van der Waals surface area contributed by atoms with Crippen LogP contribution in [0.1, 0.15) is 10.4 Å². The standard InChI is InChI=1S/C11H11ClN2O3S/c12-10-2-1-8(14(16)17)7-9(10)11(15)13-3-5-18-6-4-13/h1-2,7H,3-6H2. The van der Waals surface area contributed by atoms with Gasteiger partial charge in [-0.25, -0.2) is 0 Å². The zero-order valence-corrected chi connectivity index (χ0v) is 11.0. The van der Waals surface area contributed by atoms with E-state index in [1.54, 1.807) is 16.7 Å². The fourth-order valence-electron chi connectivity index (χ4n) is 1.73. The van der Waals surface area contributed by atoms with Crippen molar-refractivity contribution in [1.29, 1.82) is 0 Å². The minimum Gasteiger partial charge on any atom is -0.337 e. The summed E-state index contributed by atoms with van der Waals surface area (Å²) in [6.07, 6.45) is 0. The lowest BCUT2D eigenvalue weighted by Gasteiger charge is -2.26. The average molecular weight is 287 g/mol. The van der Waals surface area contributed by atoms with Gasteiger partial charge >= 0.3 is 0 Å². The topological polar surface area (TPSA) is 63.4 Å². The Balaban J connectivity index is 2.28. The molecule has 0 saturated carbocycles. The van der Waals surface area contributed by atoms with E-state index in [1.165, 1.54) is 18.2 Å². The molecule has 1 heterocycles. The Morgan fingerprint density at radius 2 is 2.06 bits per heavy atom. The molecule has 2 rings (SSSR count). The molecule has 1 aliphatic heterocycles. The molecule has 1 fully saturated rings. The highest BCUT2D eigenvalue weighted by Crippen LogP contribution is 2.24. The number of non-ortho nitro benzene ring substituents is 1. The van der Waals surface area contributed by atoms with Gasteiger partial charge in [0.15, 0.2) is 0 Å². The van der Waals surface area contributed by atoms with Gasteiger partial charge in [-0.3, -0.25) is 14.9 Å². The number of amides is 1. The quantitative estimate of drug-likeness (QED) is 0.619. The summed E-state index contributed by atoms with van der Waals surface area (Å²) in [6, 6.07) is 3.93. The highest BCUT2D eigenvalue weighted by molar-refractivity contribution is 7.99. The first kappa shape index (κ1) is 13.2. The van der Waals surface area contributed by atoms with Crippen molar-refractivity contribution in [2.45, 2.75) is 0 Å². The van der Waals surface area contributed by atoms with Crippen molar-refractivity contribution < 1.29 is 9.72 Å². The lowest BCUT2D eigenvalue weighted by atomic mass is 10.1. The lowest BCUT2D eigenvalue weighted by Crippen LogP contribution is -2.38. The van der Waals surface area contributed by atoms with Gasteiger partial charge in [-0.05, 0) is 6.07 Å². The molecule has 0 aliphatic carbocycles. The summed E-state index contributed by atoms with van der Waals surface area (Å²) in [5.74, 6) is 1.54. The molecule has 0 radical (unpaired) electrons. The Bertz CT molecular complexity index is 489. The van der Waals surface area contributed by atoms with Gasteiger partial charge < -0.3 is 4.90 Å². The van der Waals surface area contributed by atoms with E-state index in [0.29, 0.717) is 13.1 Å². The Morgan fingerprint density at radius 1 is 1.39 bits per heavy atom. The first-order valence-electron chi connectivity index (χ1n) is 5.40. The summed E-state index contributed by atoms with van der Waals surface area (Å²) in [5, 5.41) is 11.0. The average Bonchev–Trinajstić information content (AvgIpc) is 2.39. The summed E-state index contributed by atoms with van der Waals surface area (Å²) in [7, 11) is 0. The smallest absolute Gasteiger partial charge is 0.270 e. The molecule has 1 saturated heterocycles. The molecule has 1 amide bonds. The summed E-state index contributed by atoms with van der Waals surface area (Å²) in [6.45, 7) is 1.31. The number of hydrogen-bond acceptors (Lipinski definition) is 4. The SMILES string of the molecule is O=C(c1cc([N+](=O)[O-])ccc1Cl)N1CCSCC1. The number of rotatable bonds is 2.